The Labute approximate surface area is 580 Å². The third kappa shape index (κ3) is 30.7. The van der Waals surface area contributed by atoms with E-state index in [4.69, 9.17) is 18.9 Å². The molecule has 0 heterocycles. The highest BCUT2D eigenvalue weighted by Crippen LogP contribution is 2.43. The van der Waals surface area contributed by atoms with Crippen LogP contribution in [0.5, 0.6) is 23.0 Å². The van der Waals surface area contributed by atoms with E-state index in [0.29, 0.717) is 25.7 Å². The fraction of sp³-hybridized carbons (Fsp3) is 0.684. The van der Waals surface area contributed by atoms with Gasteiger partial charge in [0.15, 0.2) is 0 Å². The molecule has 0 fully saturated rings. The predicted molar refractivity (Wildman–Crippen MR) is 386 cm³/mol. The van der Waals surface area contributed by atoms with E-state index in [1.54, 1.807) is 0 Å². The van der Waals surface area contributed by atoms with Crippen molar-refractivity contribution in [2.75, 3.05) is 26.4 Å². The van der Waals surface area contributed by atoms with Gasteiger partial charge < -0.3 is 18.9 Å². The van der Waals surface area contributed by atoms with E-state index in [1.165, 1.54) is 151 Å². The van der Waals surface area contributed by atoms with Crippen LogP contribution in [-0.2, 0) is 66.2 Å². The molecule has 20 heteroatoms. The van der Waals surface area contributed by atoms with E-state index >= 15 is 0 Å². The normalized spacial score (nSPS) is 12.9. The zero-order chi connectivity index (χ0) is 69.7. The van der Waals surface area contributed by atoms with Crippen molar-refractivity contribution in [3.05, 3.63) is 93.0 Å². The Hall–Kier alpha value is -4.28. The van der Waals surface area contributed by atoms with E-state index in [9.17, 15) is 51.9 Å². The summed E-state index contributed by atoms with van der Waals surface area (Å²) in [6.45, 7) is 9.42. The quantitative estimate of drug-likeness (QED) is 0.0208. The van der Waals surface area contributed by atoms with E-state index < -0.39 is 60.1 Å². The first kappa shape index (κ1) is 82.4. The van der Waals surface area contributed by atoms with Crippen molar-refractivity contribution < 1.29 is 70.8 Å². The molecule has 16 nitrogen and oxygen atoms in total. The number of hydrogen-bond acceptors (Lipinski definition) is 12. The lowest BCUT2D eigenvalue weighted by Gasteiger charge is -2.24. The first-order valence-electron chi connectivity index (χ1n) is 37.1. The molecule has 1 aliphatic carbocycles. The van der Waals surface area contributed by atoms with Crippen LogP contribution in [0.3, 0.4) is 0 Å². The van der Waals surface area contributed by atoms with Crippen LogP contribution in [0.1, 0.15) is 329 Å². The standard InChI is InChI=1S/C76H120O16S4/c1-5-9-13-17-21-25-29-33-37-41-45-89-73-61-49-63-55-70(94(80,81)82)57-65(74(63)90-46-42-38-34-30-26-22-18-14-10-6-2)51-67-59-72(96(86,87)88)60-68(76(67)92-48-44-40-36-32-28-24-20-16-12-8-4)52-66-58-71(95(83,84)85)56-64(50-62(73)54-69(53-61)93(77,78)79)75(66)91-47-43-39-35-31-27-23-19-15-11-7-3/h53-60H,5-52H2,1-4H3,(H,77,78,79)(H,80,81,82)(H,83,84,85)(H,86,87,88). The molecule has 8 bridgehead atoms. The summed E-state index contributed by atoms with van der Waals surface area (Å²) in [6, 6.07) is 10.0. The monoisotopic (exact) mass is 1420 g/mol. The summed E-state index contributed by atoms with van der Waals surface area (Å²) < 4.78 is 180. The number of fused-ring (bicyclic) bond motifs is 8. The van der Waals surface area contributed by atoms with Crippen LogP contribution < -0.4 is 18.9 Å². The second kappa shape index (κ2) is 44.8. The molecule has 0 radical (unpaired) electrons. The topological polar surface area (TPSA) is 254 Å². The zero-order valence-corrected chi connectivity index (χ0v) is 62.1. The maximum atomic E-state index is 13.6. The summed E-state index contributed by atoms with van der Waals surface area (Å²) in [7, 11) is -20.1. The van der Waals surface area contributed by atoms with Gasteiger partial charge in [0.2, 0.25) is 0 Å². The second-order valence-electron chi connectivity index (χ2n) is 27.0. The Kier molecular flexibility index (Phi) is 38.4. The van der Waals surface area contributed by atoms with Crippen LogP contribution in [-0.4, -0.2) is 78.3 Å². The van der Waals surface area contributed by atoms with Crippen molar-refractivity contribution >= 4 is 40.5 Å². The molecule has 0 amide bonds. The van der Waals surface area contributed by atoms with Gasteiger partial charge in [-0.05, 0) is 74.2 Å². The van der Waals surface area contributed by atoms with Crippen LogP contribution in [0.15, 0.2) is 68.1 Å². The molecule has 4 aromatic carbocycles. The molecular weight excluding hydrogens is 1300 g/mol. The van der Waals surface area contributed by atoms with Crippen LogP contribution >= 0.6 is 0 Å². The molecule has 0 saturated carbocycles. The fourth-order valence-corrected chi connectivity index (χ4v) is 15.5. The number of unbranched alkanes of at least 4 members (excludes halogenated alkanes) is 36. The van der Waals surface area contributed by atoms with Crippen molar-refractivity contribution in [3.63, 3.8) is 0 Å². The minimum absolute atomic E-state index is 0.158. The van der Waals surface area contributed by atoms with Crippen molar-refractivity contribution in [1.82, 2.24) is 0 Å². The van der Waals surface area contributed by atoms with E-state index in [0.717, 1.165) is 128 Å². The molecule has 0 aliphatic heterocycles. The average molecular weight is 1420 g/mol. The summed E-state index contributed by atoms with van der Waals surface area (Å²) in [5.41, 5.74) is 1.42. The second-order valence-corrected chi connectivity index (χ2v) is 32.7. The van der Waals surface area contributed by atoms with Gasteiger partial charge in [-0.3, -0.25) is 18.2 Å². The smallest absolute Gasteiger partial charge is 0.294 e. The Balaban J connectivity index is 1.76. The van der Waals surface area contributed by atoms with Gasteiger partial charge in [-0.15, -0.1) is 0 Å². The van der Waals surface area contributed by atoms with Crippen molar-refractivity contribution in [2.24, 2.45) is 0 Å². The molecule has 96 heavy (non-hydrogen) atoms. The van der Waals surface area contributed by atoms with Crippen molar-refractivity contribution in [2.45, 2.75) is 330 Å². The lowest BCUT2D eigenvalue weighted by Crippen LogP contribution is -2.14. The van der Waals surface area contributed by atoms with Crippen molar-refractivity contribution in [3.8, 4) is 23.0 Å². The molecule has 5 rings (SSSR count). The molecule has 0 saturated heterocycles. The molecule has 0 spiro atoms. The van der Waals surface area contributed by atoms with Gasteiger partial charge in [-0.2, -0.15) is 33.7 Å². The SMILES string of the molecule is CCCCCCCCCCCCOc1c2cc(S(=O)(=O)O)cc1Cc1cc(S(=O)(=O)O)cc(c1OCCCCCCCCCCCC)Cc1cc(S(=O)(=O)O)cc(c1OCCCCCCCCCCCC)Cc1cc(S(=O)(=O)O)cc(c1OCCCCCCCCCCCC)C2. The van der Waals surface area contributed by atoms with Crippen LogP contribution in [0.4, 0.5) is 0 Å². The van der Waals surface area contributed by atoms with Crippen molar-refractivity contribution in [1.29, 1.82) is 0 Å². The maximum Gasteiger partial charge on any atom is 0.294 e. The predicted octanol–water partition coefficient (Wildman–Crippen LogP) is 20.5. The Morgan fingerprint density at radius 3 is 0.479 bits per heavy atom. The minimum Gasteiger partial charge on any atom is -0.493 e. The third-order valence-electron chi connectivity index (χ3n) is 18.6. The van der Waals surface area contributed by atoms with Crippen LogP contribution in [0.2, 0.25) is 0 Å². The molecular formula is C76H120O16S4. The largest absolute Gasteiger partial charge is 0.493 e. The molecule has 4 N–H and O–H groups in total. The summed E-state index contributed by atoms with van der Waals surface area (Å²) in [4.78, 5) is -2.13. The Bertz CT molecular complexity index is 2840. The van der Waals surface area contributed by atoms with Gasteiger partial charge in [0, 0.05) is 70.2 Å². The summed E-state index contributed by atoms with van der Waals surface area (Å²) in [5.74, 6) is 0.704. The van der Waals surface area contributed by atoms with Gasteiger partial charge in [-0.25, -0.2) is 0 Å². The highest BCUT2D eigenvalue weighted by Gasteiger charge is 2.29. The number of rotatable bonds is 52. The van der Waals surface area contributed by atoms with Gasteiger partial charge >= 0.3 is 0 Å². The maximum absolute atomic E-state index is 13.6. The van der Waals surface area contributed by atoms with Gasteiger partial charge in [0.25, 0.3) is 40.5 Å². The molecule has 0 aromatic heterocycles. The summed E-state index contributed by atoms with van der Waals surface area (Å²) >= 11 is 0. The Morgan fingerprint density at radius 2 is 0.354 bits per heavy atom. The minimum atomic E-state index is -5.01. The first-order valence-corrected chi connectivity index (χ1v) is 42.9. The van der Waals surface area contributed by atoms with Gasteiger partial charge in [-0.1, -0.05) is 259 Å². The number of ether oxygens (including phenoxy) is 4. The first-order chi connectivity index (χ1) is 46.1. The molecule has 0 atom stereocenters. The van der Waals surface area contributed by atoms with E-state index in [-0.39, 0.29) is 120 Å². The number of hydrogen-bond donors (Lipinski definition) is 4. The average Bonchev–Trinajstić information content (AvgIpc) is 0.769. The Morgan fingerprint density at radius 1 is 0.229 bits per heavy atom. The van der Waals surface area contributed by atoms with E-state index in [2.05, 4.69) is 27.7 Å². The summed E-state index contributed by atoms with van der Waals surface area (Å²) in [5, 5.41) is 0. The zero-order valence-electron chi connectivity index (χ0n) is 58.9. The van der Waals surface area contributed by atoms with Crippen LogP contribution in [0, 0.1) is 0 Å². The number of benzene rings is 4. The lowest BCUT2D eigenvalue weighted by atomic mass is 9.91. The molecule has 1 aliphatic rings. The van der Waals surface area contributed by atoms with Gasteiger partial charge in [0.1, 0.15) is 23.0 Å². The van der Waals surface area contributed by atoms with Gasteiger partial charge in [0.05, 0.1) is 46.0 Å². The highest BCUT2D eigenvalue weighted by molar-refractivity contribution is 7.86. The van der Waals surface area contributed by atoms with E-state index in [1.807, 2.05) is 0 Å². The highest BCUT2D eigenvalue weighted by atomic mass is 32.2. The molecule has 544 valence electrons. The molecule has 0 unspecified atom stereocenters. The summed E-state index contributed by atoms with van der Waals surface area (Å²) in [6.07, 6.45) is 40.8. The third-order valence-corrected chi connectivity index (χ3v) is 21.9. The fourth-order valence-electron chi connectivity index (χ4n) is 13.2. The lowest BCUT2D eigenvalue weighted by molar-refractivity contribution is 0.292. The molecule has 4 aromatic rings. The van der Waals surface area contributed by atoms with Crippen LogP contribution in [0.25, 0.3) is 0 Å².